The minimum atomic E-state index is -1.19. The second-order valence-electron chi connectivity index (χ2n) is 6.77. The summed E-state index contributed by atoms with van der Waals surface area (Å²) in [5.74, 6) is -2.12. The second-order valence-corrected chi connectivity index (χ2v) is 7.58. The summed E-state index contributed by atoms with van der Waals surface area (Å²) in [5, 5.41) is 3.03. The number of nitrogens with one attached hydrogen (secondary N) is 1. The summed E-state index contributed by atoms with van der Waals surface area (Å²) < 4.78 is 4.97. The largest absolute Gasteiger partial charge is 0.454 e. The summed E-state index contributed by atoms with van der Waals surface area (Å²) in [4.78, 5) is 49.9. The van der Waals surface area contributed by atoms with Gasteiger partial charge >= 0.3 is 5.97 Å². The molecule has 3 rings (SSSR count). The Morgan fingerprint density at radius 2 is 1.67 bits per heavy atom. The Morgan fingerprint density at radius 1 is 1.15 bits per heavy atom. The van der Waals surface area contributed by atoms with Crippen molar-refractivity contribution >= 4 is 46.9 Å². The van der Waals surface area contributed by atoms with E-state index in [9.17, 15) is 19.2 Å². The van der Waals surface area contributed by atoms with Crippen molar-refractivity contribution < 1.29 is 23.9 Å². The van der Waals surface area contributed by atoms with Crippen molar-refractivity contribution in [2.24, 2.45) is 5.92 Å². The van der Waals surface area contributed by atoms with Crippen molar-refractivity contribution in [1.29, 1.82) is 0 Å². The normalized spacial score (nSPS) is 18.1. The molecule has 1 saturated carbocycles. The topological polar surface area (TPSA) is 92.8 Å². The number of carbonyl (C=O) groups excluding carboxylic acids is 4. The first-order valence-corrected chi connectivity index (χ1v) is 9.29. The van der Waals surface area contributed by atoms with Crippen molar-refractivity contribution in [3.05, 3.63) is 33.3 Å². The molecule has 1 fully saturated rings. The van der Waals surface area contributed by atoms with Crippen LogP contribution in [0, 0.1) is 5.92 Å². The molecule has 9 heteroatoms. The Balaban J connectivity index is 1.62. The fourth-order valence-electron chi connectivity index (χ4n) is 2.98. The summed E-state index contributed by atoms with van der Waals surface area (Å²) >= 11 is 11.8. The van der Waals surface area contributed by atoms with Crippen molar-refractivity contribution in [3.8, 4) is 0 Å². The summed E-state index contributed by atoms with van der Waals surface area (Å²) in [6.07, 6.45) is 2.15. The summed E-state index contributed by atoms with van der Waals surface area (Å²) in [6.45, 7) is 2.79. The minimum Gasteiger partial charge on any atom is -0.454 e. The Hall–Kier alpha value is -2.12. The molecule has 0 bridgehead atoms. The zero-order valence-corrected chi connectivity index (χ0v) is 16.3. The second kappa shape index (κ2) is 7.48. The number of rotatable bonds is 6. The van der Waals surface area contributed by atoms with Gasteiger partial charge < -0.3 is 10.1 Å². The number of halogens is 2. The molecule has 27 heavy (non-hydrogen) atoms. The lowest BCUT2D eigenvalue weighted by Crippen LogP contribution is -2.45. The van der Waals surface area contributed by atoms with E-state index < -0.39 is 36.3 Å². The Labute approximate surface area is 165 Å². The highest BCUT2D eigenvalue weighted by molar-refractivity contribution is 6.43. The van der Waals surface area contributed by atoms with Crippen molar-refractivity contribution in [2.45, 2.75) is 38.8 Å². The molecule has 3 amide bonds. The molecule has 1 aliphatic heterocycles. The van der Waals surface area contributed by atoms with Gasteiger partial charge in [-0.25, -0.2) is 4.79 Å². The predicted molar refractivity (Wildman–Crippen MR) is 97.7 cm³/mol. The van der Waals surface area contributed by atoms with E-state index in [0.29, 0.717) is 5.92 Å². The van der Waals surface area contributed by atoms with E-state index in [1.165, 1.54) is 19.1 Å². The number of carbonyl (C=O) groups is 4. The molecule has 0 saturated heterocycles. The molecule has 1 aromatic carbocycles. The quantitative estimate of drug-likeness (QED) is 0.571. The van der Waals surface area contributed by atoms with Crippen LogP contribution in [0.3, 0.4) is 0 Å². The van der Waals surface area contributed by atoms with Crippen LogP contribution in [0.15, 0.2) is 12.1 Å². The molecule has 0 spiro atoms. The maximum Gasteiger partial charge on any atom is 0.329 e. The smallest absolute Gasteiger partial charge is 0.329 e. The average molecular weight is 413 g/mol. The van der Waals surface area contributed by atoms with Gasteiger partial charge in [-0.1, -0.05) is 23.2 Å². The van der Waals surface area contributed by atoms with Gasteiger partial charge in [0, 0.05) is 6.04 Å². The number of hydrogen-bond donors (Lipinski definition) is 1. The maximum atomic E-state index is 12.5. The van der Waals surface area contributed by atoms with Crippen LogP contribution in [0.1, 0.15) is 47.4 Å². The zero-order valence-electron chi connectivity index (χ0n) is 14.8. The van der Waals surface area contributed by atoms with Crippen LogP contribution in [0.2, 0.25) is 10.0 Å². The molecular formula is C18H18Cl2N2O5. The number of hydrogen-bond acceptors (Lipinski definition) is 5. The number of nitrogens with zero attached hydrogens (tertiary/aromatic N) is 1. The van der Waals surface area contributed by atoms with Gasteiger partial charge in [0.1, 0.15) is 6.04 Å². The van der Waals surface area contributed by atoms with Gasteiger partial charge in [0.2, 0.25) is 0 Å². The number of ether oxygens (including phenoxy) is 1. The average Bonchev–Trinajstić information content (AvgIpc) is 3.43. The van der Waals surface area contributed by atoms with E-state index in [0.717, 1.165) is 17.7 Å². The number of amides is 3. The fraction of sp³-hybridized carbons (Fsp3) is 0.444. The summed E-state index contributed by atoms with van der Waals surface area (Å²) in [5.41, 5.74) is 0.148. The van der Waals surface area contributed by atoms with Gasteiger partial charge in [0.25, 0.3) is 17.7 Å². The van der Waals surface area contributed by atoms with Gasteiger partial charge in [-0.15, -0.1) is 0 Å². The SMILES string of the molecule is C[C@H](NC(=O)COC(=O)[C@H](C)N1C(=O)c2cc(Cl)c(Cl)cc2C1=O)C1CC1. The monoisotopic (exact) mass is 412 g/mol. The standard InChI is InChI=1S/C18H18Cl2N2O5/c1-8(10-3-4-10)21-15(23)7-27-18(26)9(2)22-16(24)11-5-13(19)14(20)6-12(11)17(22)25/h5-6,8-10H,3-4,7H2,1-2H3,(H,21,23)/t8-,9-/m0/s1. The third kappa shape index (κ3) is 3.94. The van der Waals surface area contributed by atoms with E-state index in [1.807, 2.05) is 6.92 Å². The van der Waals surface area contributed by atoms with Crippen LogP contribution in [-0.4, -0.2) is 47.3 Å². The van der Waals surface area contributed by atoms with Crippen molar-refractivity contribution in [3.63, 3.8) is 0 Å². The van der Waals surface area contributed by atoms with Crippen LogP contribution < -0.4 is 5.32 Å². The molecule has 0 radical (unpaired) electrons. The van der Waals surface area contributed by atoms with Gasteiger partial charge in [-0.05, 0) is 44.7 Å². The molecular weight excluding hydrogens is 395 g/mol. The molecule has 144 valence electrons. The highest BCUT2D eigenvalue weighted by atomic mass is 35.5. The molecule has 2 atom stereocenters. The molecule has 2 aliphatic rings. The number of benzene rings is 1. The Kier molecular flexibility index (Phi) is 5.44. The van der Waals surface area contributed by atoms with E-state index in [-0.39, 0.29) is 27.2 Å². The van der Waals surface area contributed by atoms with Crippen molar-refractivity contribution in [1.82, 2.24) is 10.2 Å². The molecule has 7 nitrogen and oxygen atoms in total. The Bertz CT molecular complexity index is 796. The molecule has 0 aromatic heterocycles. The van der Waals surface area contributed by atoms with Crippen LogP contribution in [0.4, 0.5) is 0 Å². The Morgan fingerprint density at radius 3 is 2.15 bits per heavy atom. The van der Waals surface area contributed by atoms with E-state index >= 15 is 0 Å². The van der Waals surface area contributed by atoms with Crippen LogP contribution in [0.5, 0.6) is 0 Å². The number of imide groups is 1. The summed E-state index contributed by atoms with van der Waals surface area (Å²) in [6, 6.07) is 1.43. The van der Waals surface area contributed by atoms with Crippen LogP contribution >= 0.6 is 23.2 Å². The number of fused-ring (bicyclic) bond motifs is 1. The third-order valence-electron chi connectivity index (χ3n) is 4.75. The van der Waals surface area contributed by atoms with E-state index in [1.54, 1.807) is 0 Å². The highest BCUT2D eigenvalue weighted by Crippen LogP contribution is 2.33. The lowest BCUT2D eigenvalue weighted by Gasteiger charge is -2.21. The number of esters is 1. The predicted octanol–water partition coefficient (Wildman–Crippen LogP) is 2.44. The molecule has 1 heterocycles. The maximum absolute atomic E-state index is 12.5. The lowest BCUT2D eigenvalue weighted by molar-refractivity contribution is -0.152. The van der Waals surface area contributed by atoms with Crippen molar-refractivity contribution in [2.75, 3.05) is 6.61 Å². The first kappa shape index (κ1) is 19.6. The van der Waals surface area contributed by atoms with Gasteiger partial charge in [0.05, 0.1) is 21.2 Å². The first-order chi connectivity index (χ1) is 12.7. The lowest BCUT2D eigenvalue weighted by atomic mass is 10.1. The zero-order chi connectivity index (χ0) is 19.9. The van der Waals surface area contributed by atoms with Crippen LogP contribution in [-0.2, 0) is 14.3 Å². The molecule has 1 aromatic rings. The van der Waals surface area contributed by atoms with Gasteiger partial charge in [-0.2, -0.15) is 0 Å². The highest BCUT2D eigenvalue weighted by Gasteiger charge is 2.42. The van der Waals surface area contributed by atoms with Gasteiger partial charge in [-0.3, -0.25) is 19.3 Å². The molecule has 1 N–H and O–H groups in total. The van der Waals surface area contributed by atoms with E-state index in [2.05, 4.69) is 5.32 Å². The van der Waals surface area contributed by atoms with Gasteiger partial charge in [0.15, 0.2) is 6.61 Å². The fourth-order valence-corrected chi connectivity index (χ4v) is 3.30. The third-order valence-corrected chi connectivity index (χ3v) is 5.47. The minimum absolute atomic E-state index is 0.0272. The summed E-state index contributed by atoms with van der Waals surface area (Å²) in [7, 11) is 0. The van der Waals surface area contributed by atoms with E-state index in [4.69, 9.17) is 27.9 Å². The molecule has 1 aliphatic carbocycles. The first-order valence-electron chi connectivity index (χ1n) is 8.53. The van der Waals surface area contributed by atoms with Crippen LogP contribution in [0.25, 0.3) is 0 Å². The molecule has 0 unspecified atom stereocenters.